The summed E-state index contributed by atoms with van der Waals surface area (Å²) in [5.41, 5.74) is -0.738. The van der Waals surface area contributed by atoms with E-state index in [0.717, 1.165) is 0 Å². The maximum Gasteiger partial charge on any atom is 0.242 e. The largest absolute Gasteiger partial charge is 0.292 e. The number of fused-ring (bicyclic) bond motifs is 1. The van der Waals surface area contributed by atoms with E-state index < -0.39 is 15.6 Å². The fraction of sp³-hybridized carbons (Fsp3) is 0.364. The molecule has 0 saturated heterocycles. The lowest BCUT2D eigenvalue weighted by Gasteiger charge is -2.32. The van der Waals surface area contributed by atoms with Gasteiger partial charge in [-0.3, -0.25) is 4.79 Å². The minimum Gasteiger partial charge on any atom is -0.292 e. The minimum absolute atomic E-state index is 0.0749. The number of benzene rings is 1. The van der Waals surface area contributed by atoms with Crippen LogP contribution in [0.4, 0.5) is 0 Å². The Morgan fingerprint density at radius 2 is 1.94 bits per heavy atom. The first kappa shape index (κ1) is 11.3. The summed E-state index contributed by atoms with van der Waals surface area (Å²) in [4.78, 5) is 12.2. The van der Waals surface area contributed by atoms with E-state index in [9.17, 15) is 13.2 Å². The zero-order chi connectivity index (χ0) is 12.0. The van der Waals surface area contributed by atoms with Gasteiger partial charge in [0.15, 0.2) is 5.78 Å². The summed E-state index contributed by atoms with van der Waals surface area (Å²) in [6.45, 7) is 3.40. The molecule has 1 atom stereocenters. The molecule has 0 bridgehead atoms. The first-order valence-electron chi connectivity index (χ1n) is 5.08. The molecule has 5 heteroatoms. The summed E-state index contributed by atoms with van der Waals surface area (Å²) < 4.78 is 26.3. The number of nitrogens with one attached hydrogen (secondary N) is 1. The Hall–Kier alpha value is -1.20. The molecule has 0 aliphatic carbocycles. The molecule has 1 N–H and O–H groups in total. The highest BCUT2D eigenvalue weighted by atomic mass is 32.2. The van der Waals surface area contributed by atoms with Gasteiger partial charge in [0.1, 0.15) is 0 Å². The van der Waals surface area contributed by atoms with Crippen LogP contribution in [0.3, 0.4) is 0 Å². The zero-order valence-corrected chi connectivity index (χ0v) is 9.97. The molecule has 1 aliphatic heterocycles. The van der Waals surface area contributed by atoms with Crippen LogP contribution in [0.5, 0.6) is 0 Å². The van der Waals surface area contributed by atoms with Crippen molar-refractivity contribution in [2.45, 2.75) is 30.7 Å². The van der Waals surface area contributed by atoms with Crippen LogP contribution < -0.4 is 4.72 Å². The first-order chi connectivity index (χ1) is 7.41. The van der Waals surface area contributed by atoms with Gasteiger partial charge in [-0.2, -0.15) is 4.72 Å². The second-order valence-corrected chi connectivity index (χ2v) is 5.77. The van der Waals surface area contributed by atoms with Gasteiger partial charge < -0.3 is 0 Å². The highest BCUT2D eigenvalue weighted by Crippen LogP contribution is 2.29. The zero-order valence-electron chi connectivity index (χ0n) is 9.15. The monoisotopic (exact) mass is 239 g/mol. The first-order valence-corrected chi connectivity index (χ1v) is 6.57. The van der Waals surface area contributed by atoms with E-state index in [1.54, 1.807) is 32.0 Å². The predicted octanol–water partition coefficient (Wildman–Crippen LogP) is 1.33. The van der Waals surface area contributed by atoms with Crippen LogP contribution in [0.1, 0.15) is 30.6 Å². The van der Waals surface area contributed by atoms with Gasteiger partial charge in [0.25, 0.3) is 0 Å². The lowest BCUT2D eigenvalue weighted by atomic mass is 9.89. The molecule has 0 amide bonds. The van der Waals surface area contributed by atoms with Crippen LogP contribution in [0, 0.1) is 0 Å². The van der Waals surface area contributed by atoms with Gasteiger partial charge in [0.2, 0.25) is 10.0 Å². The number of hydrogen-bond donors (Lipinski definition) is 1. The lowest BCUT2D eigenvalue weighted by molar-refractivity contribution is 0.0873. The van der Waals surface area contributed by atoms with E-state index in [1.165, 1.54) is 6.07 Å². The van der Waals surface area contributed by atoms with E-state index in [1.807, 2.05) is 0 Å². The summed E-state index contributed by atoms with van der Waals surface area (Å²) in [5.74, 6) is -0.166. The Labute approximate surface area is 94.7 Å². The third-order valence-electron chi connectivity index (χ3n) is 2.99. The molecule has 1 aliphatic rings. The standard InChI is InChI=1S/C11H13NO3S/c1-3-11(2)10(13)8-6-4-5-7-9(8)16(14,15)12-11/h4-7,12H,3H2,1-2H3. The Bertz CT molecular complexity index is 550. The number of carbonyl (C=O) groups excluding carboxylic acids is 1. The van der Waals surface area contributed by atoms with Crippen molar-refractivity contribution < 1.29 is 13.2 Å². The second-order valence-electron chi connectivity index (χ2n) is 4.12. The highest BCUT2D eigenvalue weighted by Gasteiger charge is 2.43. The van der Waals surface area contributed by atoms with E-state index in [4.69, 9.17) is 0 Å². The number of hydrogen-bond acceptors (Lipinski definition) is 3. The summed E-state index contributed by atoms with van der Waals surface area (Å²) in [7, 11) is -3.57. The molecule has 86 valence electrons. The van der Waals surface area contributed by atoms with Gasteiger partial charge in [-0.15, -0.1) is 0 Å². The smallest absolute Gasteiger partial charge is 0.242 e. The Kier molecular flexibility index (Phi) is 2.40. The summed E-state index contributed by atoms with van der Waals surface area (Å²) in [5, 5.41) is 0. The number of ketones is 1. The third kappa shape index (κ3) is 1.47. The molecule has 16 heavy (non-hydrogen) atoms. The van der Waals surface area contributed by atoms with Gasteiger partial charge in [-0.25, -0.2) is 8.42 Å². The maximum atomic E-state index is 12.1. The number of carbonyl (C=O) groups is 1. The molecule has 0 aromatic heterocycles. The van der Waals surface area contributed by atoms with Crippen LogP contribution in [0.2, 0.25) is 0 Å². The predicted molar refractivity (Wildman–Crippen MR) is 59.8 cm³/mol. The van der Waals surface area contributed by atoms with Crippen LogP contribution >= 0.6 is 0 Å². The SMILES string of the molecule is CCC1(C)NS(=O)(=O)c2ccccc2C1=O. The molecule has 2 rings (SSSR count). The quantitative estimate of drug-likeness (QED) is 0.804. The van der Waals surface area contributed by atoms with E-state index >= 15 is 0 Å². The number of rotatable bonds is 1. The van der Waals surface area contributed by atoms with Gasteiger partial charge in [-0.05, 0) is 25.5 Å². The van der Waals surface area contributed by atoms with E-state index in [2.05, 4.69) is 4.72 Å². The molecule has 0 radical (unpaired) electrons. The highest BCUT2D eigenvalue weighted by molar-refractivity contribution is 7.89. The fourth-order valence-electron chi connectivity index (χ4n) is 1.82. The Morgan fingerprint density at radius 1 is 1.31 bits per heavy atom. The van der Waals surface area contributed by atoms with Gasteiger partial charge in [0.05, 0.1) is 10.4 Å². The van der Waals surface area contributed by atoms with Crippen molar-refractivity contribution in [3.05, 3.63) is 29.8 Å². The second kappa shape index (κ2) is 3.40. The van der Waals surface area contributed by atoms with Crippen molar-refractivity contribution in [2.75, 3.05) is 0 Å². The third-order valence-corrected chi connectivity index (χ3v) is 4.64. The molecule has 0 fully saturated rings. The lowest BCUT2D eigenvalue weighted by Crippen LogP contribution is -2.55. The van der Waals surface area contributed by atoms with E-state index in [-0.39, 0.29) is 16.2 Å². The van der Waals surface area contributed by atoms with Crippen molar-refractivity contribution >= 4 is 15.8 Å². The van der Waals surface area contributed by atoms with Crippen LogP contribution in [0.15, 0.2) is 29.2 Å². The van der Waals surface area contributed by atoms with Gasteiger partial charge in [-0.1, -0.05) is 19.1 Å². The number of Topliss-reactive ketones (excluding diaryl/α,β-unsaturated/α-hetero) is 1. The average molecular weight is 239 g/mol. The summed E-state index contributed by atoms with van der Waals surface area (Å²) in [6.07, 6.45) is 0.430. The topological polar surface area (TPSA) is 63.2 Å². The Morgan fingerprint density at radius 3 is 2.56 bits per heavy atom. The maximum absolute atomic E-state index is 12.1. The Balaban J connectivity index is 2.73. The molecule has 4 nitrogen and oxygen atoms in total. The molecule has 1 heterocycles. The van der Waals surface area contributed by atoms with Crippen molar-refractivity contribution in [2.24, 2.45) is 0 Å². The number of sulfonamides is 1. The summed E-state index contributed by atoms with van der Waals surface area (Å²) >= 11 is 0. The molecular weight excluding hydrogens is 226 g/mol. The normalized spacial score (nSPS) is 27.5. The minimum atomic E-state index is -3.57. The van der Waals surface area contributed by atoms with Gasteiger partial charge >= 0.3 is 0 Å². The molecule has 1 unspecified atom stereocenters. The molecule has 0 saturated carbocycles. The van der Waals surface area contributed by atoms with E-state index in [0.29, 0.717) is 6.42 Å². The summed E-state index contributed by atoms with van der Waals surface area (Å²) in [6, 6.07) is 6.29. The molecule has 0 spiro atoms. The van der Waals surface area contributed by atoms with Crippen LogP contribution in [0.25, 0.3) is 0 Å². The average Bonchev–Trinajstić information content (AvgIpc) is 2.26. The molecular formula is C11H13NO3S. The van der Waals surface area contributed by atoms with Crippen LogP contribution in [-0.4, -0.2) is 19.7 Å². The van der Waals surface area contributed by atoms with Crippen molar-refractivity contribution in [1.29, 1.82) is 0 Å². The molecule has 1 aromatic rings. The van der Waals surface area contributed by atoms with Gasteiger partial charge in [0, 0.05) is 5.56 Å². The van der Waals surface area contributed by atoms with Crippen molar-refractivity contribution in [1.82, 2.24) is 4.72 Å². The van der Waals surface area contributed by atoms with Crippen LogP contribution in [-0.2, 0) is 10.0 Å². The fourth-order valence-corrected chi connectivity index (χ4v) is 3.46. The van der Waals surface area contributed by atoms with Crippen molar-refractivity contribution in [3.8, 4) is 0 Å². The van der Waals surface area contributed by atoms with Crippen molar-refractivity contribution in [3.63, 3.8) is 0 Å². The molecule has 1 aromatic carbocycles.